The van der Waals surface area contributed by atoms with Crippen LogP contribution < -0.4 is 10.6 Å². The predicted molar refractivity (Wildman–Crippen MR) is 77.1 cm³/mol. The maximum absolute atomic E-state index is 12.0. The molecule has 0 aliphatic carbocycles. The third-order valence-corrected chi connectivity index (χ3v) is 4.46. The second kappa shape index (κ2) is 5.78. The van der Waals surface area contributed by atoms with Gasteiger partial charge in [0.25, 0.3) is 0 Å². The average molecular weight is 294 g/mol. The highest BCUT2D eigenvalue weighted by atomic mass is 32.2. The molecule has 0 radical (unpaired) electrons. The molecule has 2 rings (SSSR count). The molecule has 0 bridgehead atoms. The Bertz CT molecular complexity index is 516. The number of aryl methyl sites for hydroxylation is 1. The molecule has 2 N–H and O–H groups in total. The SMILES string of the molecule is Cc1cnc(CNC(=O)C2CSC(C)(C)C(=O)N2)cn1. The largest absolute Gasteiger partial charge is 0.349 e. The van der Waals surface area contributed by atoms with Gasteiger partial charge in [0.2, 0.25) is 11.8 Å². The summed E-state index contributed by atoms with van der Waals surface area (Å²) in [5.74, 6) is 0.275. The van der Waals surface area contributed by atoms with Gasteiger partial charge in [-0.05, 0) is 20.8 Å². The lowest BCUT2D eigenvalue weighted by atomic mass is 10.1. The number of thioether (sulfide) groups is 1. The molecule has 1 saturated heterocycles. The number of rotatable bonds is 3. The minimum absolute atomic E-state index is 0.107. The van der Waals surface area contributed by atoms with Crippen molar-refractivity contribution in [3.8, 4) is 0 Å². The number of carbonyl (C=O) groups excluding carboxylic acids is 2. The highest BCUT2D eigenvalue weighted by Gasteiger charge is 2.37. The van der Waals surface area contributed by atoms with Gasteiger partial charge in [-0.2, -0.15) is 0 Å². The molecule has 0 saturated carbocycles. The molecule has 1 atom stereocenters. The summed E-state index contributed by atoms with van der Waals surface area (Å²) in [6, 6.07) is -0.487. The first-order valence-electron chi connectivity index (χ1n) is 6.38. The fourth-order valence-electron chi connectivity index (χ4n) is 1.68. The van der Waals surface area contributed by atoms with E-state index in [1.54, 1.807) is 12.4 Å². The van der Waals surface area contributed by atoms with Gasteiger partial charge in [0.15, 0.2) is 0 Å². The Morgan fingerprint density at radius 3 is 2.85 bits per heavy atom. The Labute approximate surface area is 122 Å². The van der Waals surface area contributed by atoms with Crippen molar-refractivity contribution in [2.45, 2.75) is 38.1 Å². The van der Waals surface area contributed by atoms with E-state index in [1.807, 2.05) is 20.8 Å². The molecule has 1 aromatic rings. The van der Waals surface area contributed by atoms with Crippen LogP contribution >= 0.6 is 11.8 Å². The van der Waals surface area contributed by atoms with E-state index in [0.29, 0.717) is 18.0 Å². The molecular weight excluding hydrogens is 276 g/mol. The number of nitrogens with zero attached hydrogens (tertiary/aromatic N) is 2. The normalized spacial score (nSPS) is 21.1. The molecular formula is C13H18N4O2S. The Morgan fingerprint density at radius 2 is 2.25 bits per heavy atom. The van der Waals surface area contributed by atoms with E-state index in [1.165, 1.54) is 11.8 Å². The van der Waals surface area contributed by atoms with Gasteiger partial charge in [-0.15, -0.1) is 11.8 Å². The van der Waals surface area contributed by atoms with Gasteiger partial charge in [-0.25, -0.2) is 0 Å². The molecule has 108 valence electrons. The van der Waals surface area contributed by atoms with E-state index in [9.17, 15) is 9.59 Å². The number of nitrogens with one attached hydrogen (secondary N) is 2. The zero-order valence-corrected chi connectivity index (χ0v) is 12.6. The van der Waals surface area contributed by atoms with Crippen LogP contribution in [-0.4, -0.2) is 38.3 Å². The van der Waals surface area contributed by atoms with Crippen LogP contribution in [-0.2, 0) is 16.1 Å². The molecule has 20 heavy (non-hydrogen) atoms. The molecule has 1 aromatic heterocycles. The summed E-state index contributed by atoms with van der Waals surface area (Å²) < 4.78 is -0.473. The second-order valence-electron chi connectivity index (χ2n) is 5.21. The lowest BCUT2D eigenvalue weighted by molar-refractivity contribution is -0.129. The maximum Gasteiger partial charge on any atom is 0.243 e. The lowest BCUT2D eigenvalue weighted by Gasteiger charge is -2.32. The number of hydrogen-bond donors (Lipinski definition) is 2. The molecule has 0 aromatic carbocycles. The lowest BCUT2D eigenvalue weighted by Crippen LogP contribution is -2.57. The fourth-order valence-corrected chi connectivity index (χ4v) is 2.69. The number of aromatic nitrogens is 2. The first-order chi connectivity index (χ1) is 9.38. The average Bonchev–Trinajstić information content (AvgIpc) is 2.41. The van der Waals surface area contributed by atoms with Crippen molar-refractivity contribution in [2.75, 3.05) is 5.75 Å². The maximum atomic E-state index is 12.0. The predicted octanol–water partition coefficient (Wildman–Crippen LogP) is 0.411. The van der Waals surface area contributed by atoms with Crippen molar-refractivity contribution in [3.05, 3.63) is 23.8 Å². The van der Waals surface area contributed by atoms with Gasteiger partial charge in [0.1, 0.15) is 6.04 Å². The molecule has 1 aliphatic heterocycles. The molecule has 6 nitrogen and oxygen atoms in total. The van der Waals surface area contributed by atoms with E-state index in [0.717, 1.165) is 5.69 Å². The van der Waals surface area contributed by atoms with Crippen LogP contribution in [0, 0.1) is 6.92 Å². The monoisotopic (exact) mass is 294 g/mol. The summed E-state index contributed by atoms with van der Waals surface area (Å²) in [7, 11) is 0. The quantitative estimate of drug-likeness (QED) is 0.843. The van der Waals surface area contributed by atoms with Gasteiger partial charge in [-0.3, -0.25) is 19.6 Å². The van der Waals surface area contributed by atoms with E-state index < -0.39 is 10.8 Å². The summed E-state index contributed by atoms with van der Waals surface area (Å²) in [6.07, 6.45) is 3.29. The zero-order valence-electron chi connectivity index (χ0n) is 11.8. The van der Waals surface area contributed by atoms with E-state index in [4.69, 9.17) is 0 Å². The highest BCUT2D eigenvalue weighted by molar-refractivity contribution is 8.01. The first kappa shape index (κ1) is 14.8. The highest BCUT2D eigenvalue weighted by Crippen LogP contribution is 2.28. The van der Waals surface area contributed by atoms with Crippen molar-refractivity contribution >= 4 is 23.6 Å². The van der Waals surface area contributed by atoms with Gasteiger partial charge < -0.3 is 10.6 Å². The number of hydrogen-bond acceptors (Lipinski definition) is 5. The minimum atomic E-state index is -0.487. The van der Waals surface area contributed by atoms with Crippen molar-refractivity contribution in [3.63, 3.8) is 0 Å². The van der Waals surface area contributed by atoms with Crippen LogP contribution in [0.5, 0.6) is 0 Å². The molecule has 0 spiro atoms. The van der Waals surface area contributed by atoms with Crippen LogP contribution in [0.25, 0.3) is 0 Å². The smallest absolute Gasteiger partial charge is 0.243 e. The van der Waals surface area contributed by atoms with Crippen molar-refractivity contribution in [1.82, 2.24) is 20.6 Å². The second-order valence-corrected chi connectivity index (χ2v) is 6.86. The summed E-state index contributed by atoms with van der Waals surface area (Å²) in [5, 5.41) is 5.51. The summed E-state index contributed by atoms with van der Waals surface area (Å²) in [6.45, 7) is 5.87. The molecule has 7 heteroatoms. The van der Waals surface area contributed by atoms with Crippen molar-refractivity contribution < 1.29 is 9.59 Å². The fraction of sp³-hybridized carbons (Fsp3) is 0.538. The van der Waals surface area contributed by atoms with E-state index >= 15 is 0 Å². The third-order valence-electron chi connectivity index (χ3n) is 3.06. The minimum Gasteiger partial charge on any atom is -0.349 e. The topological polar surface area (TPSA) is 84.0 Å². The third kappa shape index (κ3) is 3.47. The van der Waals surface area contributed by atoms with Crippen LogP contribution in [0.3, 0.4) is 0 Å². The van der Waals surface area contributed by atoms with Crippen LogP contribution in [0.2, 0.25) is 0 Å². The summed E-state index contributed by atoms with van der Waals surface area (Å²) >= 11 is 1.49. The molecule has 2 amide bonds. The van der Waals surface area contributed by atoms with Crippen LogP contribution in [0.1, 0.15) is 25.2 Å². The zero-order chi connectivity index (χ0) is 14.8. The Kier molecular flexibility index (Phi) is 4.27. The number of carbonyl (C=O) groups is 2. The van der Waals surface area contributed by atoms with E-state index in [-0.39, 0.29) is 11.8 Å². The standard InChI is InChI=1S/C13H18N4O2S/c1-8-4-15-9(5-14-8)6-16-11(18)10-7-20-13(2,3)12(19)17-10/h4-5,10H,6-7H2,1-3H3,(H,16,18)(H,17,19). The summed E-state index contributed by atoms with van der Waals surface area (Å²) in [5.41, 5.74) is 1.53. The molecule has 1 fully saturated rings. The Morgan fingerprint density at radius 1 is 1.50 bits per heavy atom. The van der Waals surface area contributed by atoms with E-state index in [2.05, 4.69) is 20.6 Å². The Hall–Kier alpha value is -1.63. The van der Waals surface area contributed by atoms with Crippen LogP contribution in [0.15, 0.2) is 12.4 Å². The molecule has 1 unspecified atom stereocenters. The molecule has 2 heterocycles. The Balaban J connectivity index is 1.87. The van der Waals surface area contributed by atoms with Gasteiger partial charge >= 0.3 is 0 Å². The van der Waals surface area contributed by atoms with Crippen molar-refractivity contribution in [1.29, 1.82) is 0 Å². The van der Waals surface area contributed by atoms with Gasteiger partial charge in [0.05, 0.1) is 28.9 Å². The van der Waals surface area contributed by atoms with Gasteiger partial charge in [0, 0.05) is 11.9 Å². The van der Waals surface area contributed by atoms with Gasteiger partial charge in [-0.1, -0.05) is 0 Å². The van der Waals surface area contributed by atoms with Crippen LogP contribution in [0.4, 0.5) is 0 Å². The van der Waals surface area contributed by atoms with Crippen molar-refractivity contribution in [2.24, 2.45) is 0 Å². The molecule has 1 aliphatic rings. The summed E-state index contributed by atoms with van der Waals surface area (Å²) in [4.78, 5) is 32.1. The first-order valence-corrected chi connectivity index (χ1v) is 7.37. The number of amides is 2.